The predicted octanol–water partition coefficient (Wildman–Crippen LogP) is 1.69. The maximum absolute atomic E-state index is 5.17. The Morgan fingerprint density at radius 3 is 3.08 bits per heavy atom. The molecule has 1 rings (SSSR count). The summed E-state index contributed by atoms with van der Waals surface area (Å²) in [4.78, 5) is 7.95. The van der Waals surface area contributed by atoms with Crippen molar-refractivity contribution in [3.63, 3.8) is 0 Å². The van der Waals surface area contributed by atoms with Crippen molar-refractivity contribution < 1.29 is 4.74 Å². The number of rotatable bonds is 5. The molecule has 1 N–H and O–H groups in total. The minimum atomic E-state index is 0.693. The third kappa shape index (κ3) is 4.19. The summed E-state index contributed by atoms with van der Waals surface area (Å²) in [5.74, 6) is 0.807. The van der Waals surface area contributed by atoms with Gasteiger partial charge in [-0.1, -0.05) is 0 Å². The lowest BCUT2D eigenvalue weighted by Gasteiger charge is -2.04. The second-order valence-corrected chi connectivity index (χ2v) is 3.16. The Balaban J connectivity index is 2.28. The van der Waals surface area contributed by atoms with E-state index in [1.807, 2.05) is 13.0 Å². The van der Waals surface area contributed by atoms with Crippen molar-refractivity contribution in [3.8, 4) is 0 Å². The van der Waals surface area contributed by atoms with Crippen molar-refractivity contribution in [3.05, 3.63) is 17.0 Å². The maximum atomic E-state index is 5.17. The van der Waals surface area contributed by atoms with Gasteiger partial charge in [0.25, 0.3) is 0 Å². The second-order valence-electron chi connectivity index (χ2n) is 2.35. The summed E-state index contributed by atoms with van der Waals surface area (Å²) in [5, 5.41) is 3.11. The van der Waals surface area contributed by atoms with Crippen LogP contribution in [0.2, 0.25) is 0 Å². The van der Waals surface area contributed by atoms with Gasteiger partial charge in [-0.2, -0.15) is 0 Å². The van der Waals surface area contributed by atoms with Crippen LogP contribution in [0.15, 0.2) is 17.0 Å². The molecule has 0 saturated carbocycles. The van der Waals surface area contributed by atoms with Crippen molar-refractivity contribution in [2.24, 2.45) is 0 Å². The highest BCUT2D eigenvalue weighted by molar-refractivity contribution is 9.10. The van der Waals surface area contributed by atoms with Crippen LogP contribution in [0.25, 0.3) is 0 Å². The van der Waals surface area contributed by atoms with Gasteiger partial charge < -0.3 is 10.1 Å². The Hall–Kier alpha value is -0.680. The first-order chi connectivity index (χ1) is 6.33. The SMILES string of the molecule is CCOCCNc1cc(Br)ncn1. The van der Waals surface area contributed by atoms with Gasteiger partial charge in [0.05, 0.1) is 6.61 Å². The molecule has 0 amide bonds. The summed E-state index contributed by atoms with van der Waals surface area (Å²) in [5.41, 5.74) is 0. The van der Waals surface area contributed by atoms with Crippen LogP contribution in [0.3, 0.4) is 0 Å². The molecule has 5 heteroatoms. The van der Waals surface area contributed by atoms with Gasteiger partial charge in [-0.25, -0.2) is 9.97 Å². The van der Waals surface area contributed by atoms with E-state index in [1.165, 1.54) is 6.33 Å². The highest BCUT2D eigenvalue weighted by atomic mass is 79.9. The molecule has 0 aromatic carbocycles. The fourth-order valence-corrected chi connectivity index (χ4v) is 1.13. The Bertz CT molecular complexity index is 257. The summed E-state index contributed by atoms with van der Waals surface area (Å²) in [7, 11) is 0. The zero-order valence-corrected chi connectivity index (χ0v) is 9.04. The smallest absolute Gasteiger partial charge is 0.130 e. The average Bonchev–Trinajstić information content (AvgIpc) is 2.13. The number of hydrogen-bond acceptors (Lipinski definition) is 4. The zero-order chi connectivity index (χ0) is 9.52. The minimum absolute atomic E-state index is 0.693. The van der Waals surface area contributed by atoms with E-state index >= 15 is 0 Å². The first kappa shape index (κ1) is 10.4. The van der Waals surface area contributed by atoms with E-state index in [0.29, 0.717) is 6.61 Å². The van der Waals surface area contributed by atoms with Crippen LogP contribution in [0.5, 0.6) is 0 Å². The molecule has 1 aromatic heterocycles. The van der Waals surface area contributed by atoms with Gasteiger partial charge in [-0.3, -0.25) is 0 Å². The van der Waals surface area contributed by atoms with Crippen LogP contribution in [-0.4, -0.2) is 29.7 Å². The topological polar surface area (TPSA) is 47.0 Å². The zero-order valence-electron chi connectivity index (χ0n) is 7.46. The normalized spacial score (nSPS) is 10.0. The second kappa shape index (κ2) is 5.88. The van der Waals surface area contributed by atoms with Gasteiger partial charge in [0.2, 0.25) is 0 Å². The monoisotopic (exact) mass is 245 g/mol. The number of anilines is 1. The van der Waals surface area contributed by atoms with Crippen molar-refractivity contribution in [2.75, 3.05) is 25.1 Å². The highest BCUT2D eigenvalue weighted by Gasteiger charge is 1.94. The lowest BCUT2D eigenvalue weighted by Crippen LogP contribution is -2.10. The van der Waals surface area contributed by atoms with Crippen molar-refractivity contribution in [2.45, 2.75) is 6.92 Å². The van der Waals surface area contributed by atoms with Crippen molar-refractivity contribution >= 4 is 21.7 Å². The van der Waals surface area contributed by atoms with Gasteiger partial charge in [0, 0.05) is 19.2 Å². The van der Waals surface area contributed by atoms with Crippen LogP contribution in [-0.2, 0) is 4.74 Å². The summed E-state index contributed by atoms with van der Waals surface area (Å²) in [6, 6.07) is 1.83. The lowest BCUT2D eigenvalue weighted by molar-refractivity contribution is 0.158. The molecular weight excluding hydrogens is 234 g/mol. The van der Waals surface area contributed by atoms with Crippen molar-refractivity contribution in [1.29, 1.82) is 0 Å². The van der Waals surface area contributed by atoms with Crippen LogP contribution < -0.4 is 5.32 Å². The third-order valence-corrected chi connectivity index (χ3v) is 1.82. The standard InChI is InChI=1S/C8H12BrN3O/c1-2-13-4-3-10-8-5-7(9)11-6-12-8/h5-6H,2-4H2,1H3,(H,10,11,12). The van der Waals surface area contributed by atoms with Crippen molar-refractivity contribution in [1.82, 2.24) is 9.97 Å². The Morgan fingerprint density at radius 1 is 1.54 bits per heavy atom. The third-order valence-electron chi connectivity index (χ3n) is 1.39. The molecule has 0 aliphatic carbocycles. The number of halogens is 1. The fraction of sp³-hybridized carbons (Fsp3) is 0.500. The molecule has 4 nitrogen and oxygen atoms in total. The number of hydrogen-bond donors (Lipinski definition) is 1. The Kier molecular flexibility index (Phi) is 4.70. The Labute approximate surface area is 85.9 Å². The van der Waals surface area contributed by atoms with Gasteiger partial charge in [0.15, 0.2) is 0 Å². The van der Waals surface area contributed by atoms with E-state index in [1.54, 1.807) is 0 Å². The first-order valence-corrected chi connectivity index (χ1v) is 4.91. The van der Waals surface area contributed by atoms with E-state index in [4.69, 9.17) is 4.74 Å². The van der Waals surface area contributed by atoms with Gasteiger partial charge in [-0.05, 0) is 22.9 Å². The minimum Gasteiger partial charge on any atom is -0.380 e. The van der Waals surface area contributed by atoms with E-state index in [0.717, 1.165) is 23.6 Å². The maximum Gasteiger partial charge on any atom is 0.130 e. The van der Waals surface area contributed by atoms with E-state index in [9.17, 15) is 0 Å². The summed E-state index contributed by atoms with van der Waals surface area (Å²) in [6.07, 6.45) is 1.51. The molecule has 0 atom stereocenters. The average molecular weight is 246 g/mol. The van der Waals surface area contributed by atoms with Gasteiger partial charge in [-0.15, -0.1) is 0 Å². The van der Waals surface area contributed by atoms with Crippen LogP contribution >= 0.6 is 15.9 Å². The molecule has 0 saturated heterocycles. The first-order valence-electron chi connectivity index (χ1n) is 4.12. The predicted molar refractivity (Wildman–Crippen MR) is 54.7 cm³/mol. The molecule has 1 heterocycles. The molecule has 0 fully saturated rings. The van der Waals surface area contributed by atoms with E-state index in [2.05, 4.69) is 31.2 Å². The number of ether oxygens (including phenoxy) is 1. The highest BCUT2D eigenvalue weighted by Crippen LogP contribution is 2.08. The van der Waals surface area contributed by atoms with Crippen LogP contribution in [0.1, 0.15) is 6.92 Å². The summed E-state index contributed by atoms with van der Waals surface area (Å²) >= 11 is 3.26. The molecule has 0 radical (unpaired) electrons. The van der Waals surface area contributed by atoms with E-state index in [-0.39, 0.29) is 0 Å². The molecule has 13 heavy (non-hydrogen) atoms. The quantitative estimate of drug-likeness (QED) is 0.634. The molecule has 0 aliphatic rings. The molecule has 0 bridgehead atoms. The summed E-state index contributed by atoms with van der Waals surface area (Å²) < 4.78 is 5.95. The molecule has 72 valence electrons. The van der Waals surface area contributed by atoms with Gasteiger partial charge in [0.1, 0.15) is 16.7 Å². The lowest BCUT2D eigenvalue weighted by atomic mass is 10.5. The van der Waals surface area contributed by atoms with Crippen LogP contribution in [0.4, 0.5) is 5.82 Å². The molecular formula is C8H12BrN3O. The van der Waals surface area contributed by atoms with Crippen LogP contribution in [0, 0.1) is 0 Å². The molecule has 1 aromatic rings. The largest absolute Gasteiger partial charge is 0.380 e. The van der Waals surface area contributed by atoms with Gasteiger partial charge >= 0.3 is 0 Å². The number of nitrogens with zero attached hydrogens (tertiary/aromatic N) is 2. The summed E-state index contributed by atoms with van der Waals surface area (Å²) in [6.45, 7) is 4.17. The number of nitrogens with one attached hydrogen (secondary N) is 1. The molecule has 0 aliphatic heterocycles. The molecule has 0 spiro atoms. The van der Waals surface area contributed by atoms with E-state index < -0.39 is 0 Å². The molecule has 0 unspecified atom stereocenters. The Morgan fingerprint density at radius 2 is 2.38 bits per heavy atom. The fourth-order valence-electron chi connectivity index (χ4n) is 0.826. The number of aromatic nitrogens is 2.